The standard InChI is InChI=1S/C16H19N3/c1-3-4-5-10-16(19-17)14-11-12(2)18-15-9-7-6-8-13(14)15/h6-9,11,16,19H,5,10,17H2,1-2H3. The van der Waals surface area contributed by atoms with Crippen molar-refractivity contribution < 1.29 is 0 Å². The first-order valence-corrected chi connectivity index (χ1v) is 6.48. The third-order valence-corrected chi connectivity index (χ3v) is 3.19. The molecule has 1 atom stereocenters. The van der Waals surface area contributed by atoms with Gasteiger partial charge in [0.2, 0.25) is 0 Å². The molecule has 0 aliphatic carbocycles. The van der Waals surface area contributed by atoms with Crippen molar-refractivity contribution in [3.63, 3.8) is 0 Å². The van der Waals surface area contributed by atoms with Crippen LogP contribution in [0.4, 0.5) is 0 Å². The number of hydrogen-bond donors (Lipinski definition) is 2. The zero-order valence-corrected chi connectivity index (χ0v) is 11.4. The maximum absolute atomic E-state index is 5.71. The molecule has 0 aliphatic rings. The van der Waals surface area contributed by atoms with E-state index in [1.54, 1.807) is 0 Å². The molecule has 0 saturated carbocycles. The SMILES string of the molecule is CC#CCCC(NN)c1cc(C)nc2ccccc12. The average molecular weight is 253 g/mol. The molecule has 0 spiro atoms. The van der Waals surface area contributed by atoms with Crippen LogP contribution in [-0.4, -0.2) is 4.98 Å². The van der Waals surface area contributed by atoms with E-state index in [4.69, 9.17) is 5.84 Å². The van der Waals surface area contributed by atoms with Crippen molar-refractivity contribution in [2.45, 2.75) is 32.7 Å². The fraction of sp³-hybridized carbons (Fsp3) is 0.312. The Kier molecular flexibility index (Phi) is 4.51. The topological polar surface area (TPSA) is 50.9 Å². The third-order valence-electron chi connectivity index (χ3n) is 3.19. The van der Waals surface area contributed by atoms with E-state index in [0.29, 0.717) is 0 Å². The fourth-order valence-corrected chi connectivity index (χ4v) is 2.30. The number of nitrogens with zero attached hydrogens (tertiary/aromatic N) is 1. The summed E-state index contributed by atoms with van der Waals surface area (Å²) in [6.07, 6.45) is 1.73. The Balaban J connectivity index is 2.42. The zero-order valence-electron chi connectivity index (χ0n) is 11.4. The van der Waals surface area contributed by atoms with Crippen molar-refractivity contribution in [3.05, 3.63) is 41.6 Å². The normalized spacial score (nSPS) is 11.9. The lowest BCUT2D eigenvalue weighted by Crippen LogP contribution is -2.28. The monoisotopic (exact) mass is 253 g/mol. The zero-order chi connectivity index (χ0) is 13.7. The van der Waals surface area contributed by atoms with Crippen LogP contribution in [0.15, 0.2) is 30.3 Å². The summed E-state index contributed by atoms with van der Waals surface area (Å²) in [4.78, 5) is 4.55. The molecular weight excluding hydrogens is 234 g/mol. The Morgan fingerprint density at radius 2 is 2.16 bits per heavy atom. The van der Waals surface area contributed by atoms with Crippen LogP contribution in [0.2, 0.25) is 0 Å². The lowest BCUT2D eigenvalue weighted by Gasteiger charge is -2.18. The number of pyridine rings is 1. The van der Waals surface area contributed by atoms with E-state index < -0.39 is 0 Å². The summed E-state index contributed by atoms with van der Waals surface area (Å²) in [5.74, 6) is 11.7. The van der Waals surface area contributed by atoms with Crippen molar-refractivity contribution in [1.82, 2.24) is 10.4 Å². The molecule has 0 bridgehead atoms. The summed E-state index contributed by atoms with van der Waals surface area (Å²) in [7, 11) is 0. The molecular formula is C16H19N3. The highest BCUT2D eigenvalue weighted by atomic mass is 15.2. The Morgan fingerprint density at radius 3 is 2.89 bits per heavy atom. The maximum Gasteiger partial charge on any atom is 0.0708 e. The number of nitrogens with one attached hydrogen (secondary N) is 1. The number of hydrogen-bond acceptors (Lipinski definition) is 3. The lowest BCUT2D eigenvalue weighted by molar-refractivity contribution is 0.526. The molecule has 1 unspecified atom stereocenters. The van der Waals surface area contributed by atoms with Gasteiger partial charge in [0.1, 0.15) is 0 Å². The number of benzene rings is 1. The van der Waals surface area contributed by atoms with Crippen LogP contribution in [0.5, 0.6) is 0 Å². The minimum absolute atomic E-state index is 0.104. The summed E-state index contributed by atoms with van der Waals surface area (Å²) in [5, 5.41) is 1.15. The van der Waals surface area contributed by atoms with Gasteiger partial charge in [-0.15, -0.1) is 11.8 Å². The number of aromatic nitrogens is 1. The highest BCUT2D eigenvalue weighted by molar-refractivity contribution is 5.82. The minimum Gasteiger partial charge on any atom is -0.271 e. The van der Waals surface area contributed by atoms with Crippen LogP contribution in [-0.2, 0) is 0 Å². The van der Waals surface area contributed by atoms with Gasteiger partial charge in [0, 0.05) is 23.5 Å². The summed E-state index contributed by atoms with van der Waals surface area (Å²) < 4.78 is 0. The highest BCUT2D eigenvalue weighted by Crippen LogP contribution is 2.26. The number of nitrogens with two attached hydrogens (primary N) is 1. The summed E-state index contributed by atoms with van der Waals surface area (Å²) in [6, 6.07) is 10.4. The number of fused-ring (bicyclic) bond motifs is 1. The van der Waals surface area contributed by atoms with Crippen molar-refractivity contribution in [1.29, 1.82) is 0 Å². The van der Waals surface area contributed by atoms with E-state index in [0.717, 1.165) is 29.4 Å². The number of hydrazine groups is 1. The van der Waals surface area contributed by atoms with Crippen molar-refractivity contribution >= 4 is 10.9 Å². The van der Waals surface area contributed by atoms with E-state index in [2.05, 4.69) is 34.4 Å². The molecule has 3 N–H and O–H groups in total. The van der Waals surface area contributed by atoms with E-state index in [-0.39, 0.29) is 6.04 Å². The Labute approximate surface area is 114 Å². The van der Waals surface area contributed by atoms with Gasteiger partial charge in [-0.25, -0.2) is 0 Å². The number of para-hydroxylation sites is 1. The second kappa shape index (κ2) is 6.33. The molecule has 1 aromatic heterocycles. The van der Waals surface area contributed by atoms with E-state index in [1.165, 1.54) is 5.56 Å². The molecule has 98 valence electrons. The van der Waals surface area contributed by atoms with Crippen LogP contribution >= 0.6 is 0 Å². The molecule has 19 heavy (non-hydrogen) atoms. The van der Waals surface area contributed by atoms with Crippen LogP contribution in [0.3, 0.4) is 0 Å². The summed E-state index contributed by atoms with van der Waals surface area (Å²) in [5.41, 5.74) is 6.12. The van der Waals surface area contributed by atoms with E-state index >= 15 is 0 Å². The van der Waals surface area contributed by atoms with Gasteiger partial charge in [0.15, 0.2) is 0 Å². The molecule has 0 aliphatic heterocycles. The van der Waals surface area contributed by atoms with Gasteiger partial charge >= 0.3 is 0 Å². The molecule has 2 aromatic rings. The molecule has 0 radical (unpaired) electrons. The second-order valence-corrected chi connectivity index (χ2v) is 4.55. The van der Waals surface area contributed by atoms with Crippen LogP contribution in [0.25, 0.3) is 10.9 Å². The van der Waals surface area contributed by atoms with E-state index in [9.17, 15) is 0 Å². The molecule has 0 amide bonds. The third kappa shape index (κ3) is 3.11. The molecule has 3 nitrogen and oxygen atoms in total. The van der Waals surface area contributed by atoms with Crippen molar-refractivity contribution in [2.75, 3.05) is 0 Å². The first-order valence-electron chi connectivity index (χ1n) is 6.48. The molecule has 0 saturated heterocycles. The van der Waals surface area contributed by atoms with E-state index in [1.807, 2.05) is 32.0 Å². The van der Waals surface area contributed by atoms with Gasteiger partial charge < -0.3 is 0 Å². The Hall–Kier alpha value is -1.89. The second-order valence-electron chi connectivity index (χ2n) is 4.55. The quantitative estimate of drug-likeness (QED) is 0.500. The highest BCUT2D eigenvalue weighted by Gasteiger charge is 2.13. The fourth-order valence-electron chi connectivity index (χ4n) is 2.30. The summed E-state index contributed by atoms with van der Waals surface area (Å²) >= 11 is 0. The predicted octanol–water partition coefficient (Wildman–Crippen LogP) is 2.85. The minimum atomic E-state index is 0.104. The lowest BCUT2D eigenvalue weighted by atomic mass is 9.98. The molecule has 3 heteroatoms. The summed E-state index contributed by atoms with van der Waals surface area (Å²) in [6.45, 7) is 3.87. The number of rotatable bonds is 4. The van der Waals surface area contributed by atoms with Gasteiger partial charge in [-0.2, -0.15) is 0 Å². The molecule has 1 heterocycles. The van der Waals surface area contributed by atoms with Crippen molar-refractivity contribution in [3.8, 4) is 11.8 Å². The van der Waals surface area contributed by atoms with Gasteiger partial charge in [-0.05, 0) is 38.0 Å². The molecule has 2 rings (SSSR count). The number of aryl methyl sites for hydroxylation is 1. The van der Waals surface area contributed by atoms with Crippen LogP contribution in [0, 0.1) is 18.8 Å². The Bertz CT molecular complexity index is 623. The van der Waals surface area contributed by atoms with Gasteiger partial charge in [-0.3, -0.25) is 16.3 Å². The first-order chi connectivity index (χ1) is 9.26. The van der Waals surface area contributed by atoms with Gasteiger partial charge in [-0.1, -0.05) is 18.2 Å². The maximum atomic E-state index is 5.71. The Morgan fingerprint density at radius 1 is 1.37 bits per heavy atom. The molecule has 0 fully saturated rings. The first kappa shape index (κ1) is 13.5. The van der Waals surface area contributed by atoms with Crippen LogP contribution < -0.4 is 11.3 Å². The van der Waals surface area contributed by atoms with Gasteiger partial charge in [0.25, 0.3) is 0 Å². The average Bonchev–Trinajstić information content (AvgIpc) is 2.43. The smallest absolute Gasteiger partial charge is 0.0708 e. The largest absolute Gasteiger partial charge is 0.271 e. The van der Waals surface area contributed by atoms with Crippen LogP contribution in [0.1, 0.15) is 37.1 Å². The van der Waals surface area contributed by atoms with Gasteiger partial charge in [0.05, 0.1) is 5.52 Å². The molecule has 1 aromatic carbocycles. The van der Waals surface area contributed by atoms with Crippen molar-refractivity contribution in [2.24, 2.45) is 5.84 Å². The predicted molar refractivity (Wildman–Crippen MR) is 79.2 cm³/mol.